The standard InChI is InChI=1S/C17H20ClNO5/c1-3-4-7-23-16(21)9-19-13-8-12(17(22)11(2)18)5-6-14(13)24-10-15(19)20/h5-6,8,11H,3-4,7,9-10H2,1-2H3. The third-order valence-corrected chi connectivity index (χ3v) is 3.79. The molecular formula is C17H20ClNO5. The number of hydrogen-bond donors (Lipinski definition) is 0. The van der Waals surface area contributed by atoms with E-state index in [1.807, 2.05) is 6.92 Å². The normalized spacial score (nSPS) is 14.6. The Morgan fingerprint density at radius 2 is 2.17 bits per heavy atom. The van der Waals surface area contributed by atoms with E-state index in [9.17, 15) is 14.4 Å². The van der Waals surface area contributed by atoms with Crippen LogP contribution in [0.25, 0.3) is 0 Å². The molecule has 0 bridgehead atoms. The number of halogens is 1. The summed E-state index contributed by atoms with van der Waals surface area (Å²) in [5.74, 6) is -0.678. The number of carbonyl (C=O) groups excluding carboxylic acids is 3. The van der Waals surface area contributed by atoms with Gasteiger partial charge in [0.25, 0.3) is 5.91 Å². The Bertz CT molecular complexity index is 644. The van der Waals surface area contributed by atoms with Crippen LogP contribution in [-0.2, 0) is 14.3 Å². The molecule has 1 heterocycles. The molecule has 0 fully saturated rings. The number of carbonyl (C=O) groups is 3. The zero-order valence-corrected chi connectivity index (χ0v) is 14.5. The van der Waals surface area contributed by atoms with Crippen molar-refractivity contribution < 1.29 is 23.9 Å². The summed E-state index contributed by atoms with van der Waals surface area (Å²) in [6.07, 6.45) is 1.68. The Balaban J connectivity index is 2.21. The second-order valence-corrected chi connectivity index (χ2v) is 6.16. The molecule has 1 aromatic carbocycles. The zero-order valence-electron chi connectivity index (χ0n) is 13.7. The quantitative estimate of drug-likeness (QED) is 0.326. The predicted octanol–water partition coefficient (Wildman–Crippen LogP) is 2.57. The summed E-state index contributed by atoms with van der Waals surface area (Å²) >= 11 is 5.83. The van der Waals surface area contributed by atoms with Gasteiger partial charge in [-0.2, -0.15) is 0 Å². The average Bonchev–Trinajstić information content (AvgIpc) is 2.56. The van der Waals surface area contributed by atoms with Gasteiger partial charge in [-0.05, 0) is 31.5 Å². The van der Waals surface area contributed by atoms with E-state index in [0.29, 0.717) is 23.6 Å². The SMILES string of the molecule is CCCCOC(=O)CN1C(=O)COc2ccc(C(=O)C(C)Cl)cc21. The van der Waals surface area contributed by atoms with E-state index in [2.05, 4.69) is 0 Å². The van der Waals surface area contributed by atoms with Gasteiger partial charge in [0, 0.05) is 5.56 Å². The second-order valence-electron chi connectivity index (χ2n) is 5.51. The van der Waals surface area contributed by atoms with Crippen molar-refractivity contribution in [3.63, 3.8) is 0 Å². The molecule has 130 valence electrons. The minimum Gasteiger partial charge on any atom is -0.482 e. The van der Waals surface area contributed by atoms with Gasteiger partial charge in [0.05, 0.1) is 17.7 Å². The largest absolute Gasteiger partial charge is 0.482 e. The summed E-state index contributed by atoms with van der Waals surface area (Å²) in [7, 11) is 0. The maximum Gasteiger partial charge on any atom is 0.326 e. The number of unbranched alkanes of at least 4 members (excludes halogenated alkanes) is 1. The first kappa shape index (κ1) is 18.3. The van der Waals surface area contributed by atoms with Crippen LogP contribution in [0.5, 0.6) is 5.75 Å². The van der Waals surface area contributed by atoms with E-state index < -0.39 is 11.3 Å². The zero-order chi connectivity index (χ0) is 17.7. The van der Waals surface area contributed by atoms with Gasteiger partial charge in [0.15, 0.2) is 12.4 Å². The van der Waals surface area contributed by atoms with Crippen molar-refractivity contribution in [3.8, 4) is 5.75 Å². The van der Waals surface area contributed by atoms with Crippen LogP contribution in [0.2, 0.25) is 0 Å². The molecule has 7 heteroatoms. The Hall–Kier alpha value is -2.08. The summed E-state index contributed by atoms with van der Waals surface area (Å²) in [6.45, 7) is 3.52. The molecule has 6 nitrogen and oxygen atoms in total. The van der Waals surface area contributed by atoms with Gasteiger partial charge in [-0.3, -0.25) is 19.3 Å². The fourth-order valence-corrected chi connectivity index (χ4v) is 2.39. The predicted molar refractivity (Wildman–Crippen MR) is 89.8 cm³/mol. The highest BCUT2D eigenvalue weighted by Crippen LogP contribution is 2.33. The Kier molecular flexibility index (Phi) is 6.20. The van der Waals surface area contributed by atoms with Crippen molar-refractivity contribution in [2.24, 2.45) is 0 Å². The van der Waals surface area contributed by atoms with E-state index in [4.69, 9.17) is 21.1 Å². The molecule has 1 amide bonds. The molecule has 0 saturated heterocycles. The number of nitrogens with zero attached hydrogens (tertiary/aromatic N) is 1. The Morgan fingerprint density at radius 3 is 2.83 bits per heavy atom. The number of rotatable bonds is 7. The molecule has 0 saturated carbocycles. The van der Waals surface area contributed by atoms with Gasteiger partial charge < -0.3 is 9.47 Å². The van der Waals surface area contributed by atoms with Crippen LogP contribution in [0.1, 0.15) is 37.0 Å². The van der Waals surface area contributed by atoms with Gasteiger partial charge >= 0.3 is 5.97 Å². The molecule has 24 heavy (non-hydrogen) atoms. The van der Waals surface area contributed by atoms with E-state index in [-0.39, 0.29) is 24.8 Å². The third kappa shape index (κ3) is 4.26. The van der Waals surface area contributed by atoms with Gasteiger partial charge in [0.2, 0.25) is 0 Å². The fourth-order valence-electron chi connectivity index (χ4n) is 2.26. The molecular weight excluding hydrogens is 334 g/mol. The monoisotopic (exact) mass is 353 g/mol. The number of hydrogen-bond acceptors (Lipinski definition) is 5. The van der Waals surface area contributed by atoms with Crippen LogP contribution >= 0.6 is 11.6 Å². The second kappa shape index (κ2) is 8.15. The highest BCUT2D eigenvalue weighted by molar-refractivity contribution is 6.33. The minimum atomic E-state index is -0.685. The summed E-state index contributed by atoms with van der Waals surface area (Å²) < 4.78 is 10.5. The van der Waals surface area contributed by atoms with Crippen molar-refractivity contribution in [1.29, 1.82) is 0 Å². The molecule has 1 aliphatic rings. The highest BCUT2D eigenvalue weighted by Gasteiger charge is 2.29. The van der Waals surface area contributed by atoms with Gasteiger partial charge in [-0.25, -0.2) is 0 Å². The van der Waals surface area contributed by atoms with Gasteiger partial charge in [0.1, 0.15) is 12.3 Å². The van der Waals surface area contributed by atoms with Crippen molar-refractivity contribution >= 4 is 34.9 Å². The van der Waals surface area contributed by atoms with Crippen LogP contribution < -0.4 is 9.64 Å². The van der Waals surface area contributed by atoms with Gasteiger partial charge in [-0.1, -0.05) is 13.3 Å². The third-order valence-electron chi connectivity index (χ3n) is 3.60. The van der Waals surface area contributed by atoms with Crippen molar-refractivity contribution in [2.75, 3.05) is 24.7 Å². The maximum atomic E-state index is 12.1. The van der Waals surface area contributed by atoms with Crippen LogP contribution in [0, 0.1) is 0 Å². The lowest BCUT2D eigenvalue weighted by Gasteiger charge is -2.29. The topological polar surface area (TPSA) is 72.9 Å². The fraction of sp³-hybridized carbons (Fsp3) is 0.471. The summed E-state index contributed by atoms with van der Waals surface area (Å²) in [5.41, 5.74) is 0.737. The summed E-state index contributed by atoms with van der Waals surface area (Å²) in [4.78, 5) is 37.4. The first-order valence-corrected chi connectivity index (χ1v) is 8.28. The molecule has 1 unspecified atom stereocenters. The van der Waals surface area contributed by atoms with E-state index in [0.717, 1.165) is 12.8 Å². The number of Topliss-reactive ketones (excluding diaryl/α,β-unsaturated/α-hetero) is 1. The number of esters is 1. The molecule has 1 aromatic rings. The minimum absolute atomic E-state index is 0.158. The maximum absolute atomic E-state index is 12.1. The molecule has 2 rings (SSSR count). The first-order valence-electron chi connectivity index (χ1n) is 7.85. The summed E-state index contributed by atoms with van der Waals surface area (Å²) in [6, 6.07) is 4.71. The summed E-state index contributed by atoms with van der Waals surface area (Å²) in [5, 5.41) is -0.685. The van der Waals surface area contributed by atoms with Crippen LogP contribution in [-0.4, -0.2) is 42.8 Å². The highest BCUT2D eigenvalue weighted by atomic mass is 35.5. The average molecular weight is 354 g/mol. The smallest absolute Gasteiger partial charge is 0.326 e. The van der Waals surface area contributed by atoms with E-state index >= 15 is 0 Å². The molecule has 0 aromatic heterocycles. The lowest BCUT2D eigenvalue weighted by Crippen LogP contribution is -2.42. The van der Waals surface area contributed by atoms with E-state index in [1.165, 1.54) is 11.0 Å². The lowest BCUT2D eigenvalue weighted by atomic mass is 10.1. The molecule has 0 aliphatic carbocycles. The molecule has 0 spiro atoms. The lowest BCUT2D eigenvalue weighted by molar-refractivity contribution is -0.143. The van der Waals surface area contributed by atoms with Crippen molar-refractivity contribution in [2.45, 2.75) is 32.1 Å². The molecule has 1 atom stereocenters. The first-order chi connectivity index (χ1) is 11.4. The Morgan fingerprint density at radius 1 is 1.42 bits per heavy atom. The van der Waals surface area contributed by atoms with Crippen molar-refractivity contribution in [3.05, 3.63) is 23.8 Å². The Labute approximate surface area is 145 Å². The number of fused-ring (bicyclic) bond motifs is 1. The number of benzene rings is 1. The van der Waals surface area contributed by atoms with Crippen LogP contribution in [0.3, 0.4) is 0 Å². The number of anilines is 1. The molecule has 0 N–H and O–H groups in total. The number of alkyl halides is 1. The molecule has 0 radical (unpaired) electrons. The number of ketones is 1. The van der Waals surface area contributed by atoms with Crippen molar-refractivity contribution in [1.82, 2.24) is 0 Å². The number of ether oxygens (including phenoxy) is 2. The van der Waals surface area contributed by atoms with Gasteiger partial charge in [-0.15, -0.1) is 11.6 Å². The molecule has 1 aliphatic heterocycles. The number of amides is 1. The van der Waals surface area contributed by atoms with E-state index in [1.54, 1.807) is 19.1 Å². The van der Waals surface area contributed by atoms with Crippen LogP contribution in [0.15, 0.2) is 18.2 Å². The van der Waals surface area contributed by atoms with Crippen LogP contribution in [0.4, 0.5) is 5.69 Å².